The number of aromatic nitrogens is 3. The van der Waals surface area contributed by atoms with Crippen molar-refractivity contribution in [3.8, 4) is 11.3 Å². The van der Waals surface area contributed by atoms with E-state index in [1.807, 2.05) is 12.1 Å². The maximum absolute atomic E-state index is 6.03. The van der Waals surface area contributed by atoms with E-state index in [2.05, 4.69) is 22.7 Å². The third-order valence-corrected chi connectivity index (χ3v) is 3.31. The summed E-state index contributed by atoms with van der Waals surface area (Å²) in [5.41, 5.74) is 8.16. The molecule has 0 saturated heterocycles. The van der Waals surface area contributed by atoms with Crippen LogP contribution in [-0.2, 0) is 6.54 Å². The molecule has 88 valence electrons. The lowest BCUT2D eigenvalue weighted by Crippen LogP contribution is -2.33. The van der Waals surface area contributed by atoms with Gasteiger partial charge in [0.2, 0.25) is 0 Å². The van der Waals surface area contributed by atoms with Gasteiger partial charge in [0, 0.05) is 42.7 Å². The van der Waals surface area contributed by atoms with E-state index in [0.717, 1.165) is 30.0 Å². The van der Waals surface area contributed by atoms with E-state index >= 15 is 0 Å². The van der Waals surface area contributed by atoms with Gasteiger partial charge in [-0.05, 0) is 18.6 Å². The number of nitrogens with two attached hydrogens (primary N) is 1. The lowest BCUT2D eigenvalue weighted by atomic mass is 9.98. The van der Waals surface area contributed by atoms with Gasteiger partial charge in [0.05, 0.1) is 5.69 Å². The summed E-state index contributed by atoms with van der Waals surface area (Å²) in [5, 5.41) is 0. The third kappa shape index (κ3) is 1.85. The molecule has 0 aliphatic carbocycles. The Balaban J connectivity index is 2.03. The van der Waals surface area contributed by atoms with Gasteiger partial charge in [-0.15, -0.1) is 0 Å². The molecule has 0 radical (unpaired) electrons. The van der Waals surface area contributed by atoms with E-state index in [1.165, 1.54) is 0 Å². The minimum Gasteiger partial charge on any atom is -0.332 e. The van der Waals surface area contributed by atoms with Crippen LogP contribution in [0, 0.1) is 0 Å². The number of pyridine rings is 1. The SMILES string of the molecule is CC1CC(N)Cn2cc(-c3ccncc3)nc21. The summed E-state index contributed by atoms with van der Waals surface area (Å²) in [5.74, 6) is 1.59. The molecule has 2 N–H and O–H groups in total. The number of hydrogen-bond donors (Lipinski definition) is 1. The molecule has 4 heteroatoms. The Morgan fingerprint density at radius 1 is 1.35 bits per heavy atom. The predicted molar refractivity (Wildman–Crippen MR) is 66.5 cm³/mol. The second kappa shape index (κ2) is 3.96. The van der Waals surface area contributed by atoms with Crippen LogP contribution in [0.25, 0.3) is 11.3 Å². The van der Waals surface area contributed by atoms with Gasteiger partial charge in [-0.25, -0.2) is 4.98 Å². The summed E-state index contributed by atoms with van der Waals surface area (Å²) in [7, 11) is 0. The number of nitrogens with zero attached hydrogens (tertiary/aromatic N) is 3. The van der Waals surface area contributed by atoms with Crippen LogP contribution >= 0.6 is 0 Å². The molecule has 2 aromatic heterocycles. The fourth-order valence-corrected chi connectivity index (χ4v) is 2.52. The standard InChI is InChI=1S/C13H16N4/c1-9-6-11(14)7-17-8-12(16-13(9)17)10-2-4-15-5-3-10/h2-5,8-9,11H,6-7,14H2,1H3. The van der Waals surface area contributed by atoms with Gasteiger partial charge < -0.3 is 10.3 Å². The highest BCUT2D eigenvalue weighted by Gasteiger charge is 2.24. The van der Waals surface area contributed by atoms with Gasteiger partial charge in [0.25, 0.3) is 0 Å². The van der Waals surface area contributed by atoms with Crippen molar-refractivity contribution in [2.45, 2.75) is 31.8 Å². The summed E-state index contributed by atoms with van der Waals surface area (Å²) in [6, 6.07) is 4.22. The highest BCUT2D eigenvalue weighted by atomic mass is 15.1. The lowest BCUT2D eigenvalue weighted by Gasteiger charge is -2.25. The van der Waals surface area contributed by atoms with E-state index in [-0.39, 0.29) is 6.04 Å². The van der Waals surface area contributed by atoms with Crippen molar-refractivity contribution < 1.29 is 0 Å². The maximum atomic E-state index is 6.03. The molecule has 4 nitrogen and oxygen atoms in total. The zero-order valence-corrected chi connectivity index (χ0v) is 9.87. The van der Waals surface area contributed by atoms with Crippen molar-refractivity contribution in [1.82, 2.24) is 14.5 Å². The highest BCUT2D eigenvalue weighted by Crippen LogP contribution is 2.28. The molecule has 0 spiro atoms. The number of hydrogen-bond acceptors (Lipinski definition) is 3. The van der Waals surface area contributed by atoms with Gasteiger partial charge >= 0.3 is 0 Å². The molecule has 0 saturated carbocycles. The van der Waals surface area contributed by atoms with Crippen LogP contribution < -0.4 is 5.73 Å². The van der Waals surface area contributed by atoms with Gasteiger partial charge in [0.15, 0.2) is 0 Å². The molecular weight excluding hydrogens is 212 g/mol. The molecular formula is C13H16N4. The molecule has 0 bridgehead atoms. The van der Waals surface area contributed by atoms with Crippen LogP contribution in [0.4, 0.5) is 0 Å². The second-order valence-corrected chi connectivity index (χ2v) is 4.77. The number of fused-ring (bicyclic) bond motifs is 1. The summed E-state index contributed by atoms with van der Waals surface area (Å²) >= 11 is 0. The minimum atomic E-state index is 0.247. The van der Waals surface area contributed by atoms with Crippen LogP contribution in [0.1, 0.15) is 25.1 Å². The average molecular weight is 228 g/mol. The van der Waals surface area contributed by atoms with Crippen molar-refractivity contribution in [3.63, 3.8) is 0 Å². The topological polar surface area (TPSA) is 56.7 Å². The summed E-state index contributed by atoms with van der Waals surface area (Å²) < 4.78 is 2.19. The van der Waals surface area contributed by atoms with Gasteiger partial charge in [-0.3, -0.25) is 4.98 Å². The summed E-state index contributed by atoms with van der Waals surface area (Å²) in [6.45, 7) is 3.06. The minimum absolute atomic E-state index is 0.247. The van der Waals surface area contributed by atoms with Gasteiger partial charge in [-0.1, -0.05) is 6.92 Å². The number of imidazole rings is 1. The average Bonchev–Trinajstić information content (AvgIpc) is 2.74. The Kier molecular flexibility index (Phi) is 2.44. The van der Waals surface area contributed by atoms with Crippen LogP contribution in [-0.4, -0.2) is 20.6 Å². The fraction of sp³-hybridized carbons (Fsp3) is 0.385. The van der Waals surface area contributed by atoms with E-state index in [0.29, 0.717) is 5.92 Å². The zero-order chi connectivity index (χ0) is 11.8. The summed E-state index contributed by atoms with van der Waals surface area (Å²) in [4.78, 5) is 8.74. The zero-order valence-electron chi connectivity index (χ0n) is 9.87. The van der Waals surface area contributed by atoms with Crippen molar-refractivity contribution in [1.29, 1.82) is 0 Å². The van der Waals surface area contributed by atoms with Crippen molar-refractivity contribution in [2.24, 2.45) is 5.73 Å². The fourth-order valence-electron chi connectivity index (χ4n) is 2.52. The number of rotatable bonds is 1. The molecule has 3 rings (SSSR count). The van der Waals surface area contributed by atoms with Crippen LogP contribution in [0.3, 0.4) is 0 Å². The first-order valence-electron chi connectivity index (χ1n) is 5.97. The van der Waals surface area contributed by atoms with Crippen molar-refractivity contribution >= 4 is 0 Å². The van der Waals surface area contributed by atoms with Gasteiger partial charge in [0.1, 0.15) is 5.82 Å². The van der Waals surface area contributed by atoms with Gasteiger partial charge in [-0.2, -0.15) is 0 Å². The quantitative estimate of drug-likeness (QED) is 0.809. The van der Waals surface area contributed by atoms with Crippen molar-refractivity contribution in [2.75, 3.05) is 0 Å². The van der Waals surface area contributed by atoms with E-state index in [4.69, 9.17) is 10.7 Å². The predicted octanol–water partition coefficient (Wildman–Crippen LogP) is 1.78. The molecule has 2 aromatic rings. The van der Waals surface area contributed by atoms with Crippen molar-refractivity contribution in [3.05, 3.63) is 36.5 Å². The first kappa shape index (κ1) is 10.5. The monoisotopic (exact) mass is 228 g/mol. The molecule has 0 fully saturated rings. The molecule has 1 aliphatic heterocycles. The lowest BCUT2D eigenvalue weighted by molar-refractivity contribution is 0.407. The van der Waals surface area contributed by atoms with Crippen LogP contribution in [0.5, 0.6) is 0 Å². The summed E-state index contributed by atoms with van der Waals surface area (Å²) in [6.07, 6.45) is 6.71. The molecule has 3 heterocycles. The molecule has 0 aromatic carbocycles. The first-order chi connectivity index (χ1) is 8.24. The Labute approximate surface area is 101 Å². The molecule has 2 unspecified atom stereocenters. The molecule has 2 atom stereocenters. The molecule has 1 aliphatic rings. The largest absolute Gasteiger partial charge is 0.332 e. The normalized spacial score (nSPS) is 23.4. The third-order valence-electron chi connectivity index (χ3n) is 3.31. The van der Waals surface area contributed by atoms with E-state index in [1.54, 1.807) is 12.4 Å². The van der Waals surface area contributed by atoms with Crippen LogP contribution in [0.15, 0.2) is 30.7 Å². The molecule has 0 amide bonds. The van der Waals surface area contributed by atoms with E-state index in [9.17, 15) is 0 Å². The Morgan fingerprint density at radius 2 is 2.12 bits per heavy atom. The Morgan fingerprint density at radius 3 is 2.88 bits per heavy atom. The maximum Gasteiger partial charge on any atom is 0.112 e. The molecule has 17 heavy (non-hydrogen) atoms. The Hall–Kier alpha value is -1.68. The second-order valence-electron chi connectivity index (χ2n) is 4.77. The Bertz CT molecular complexity index is 517. The highest BCUT2D eigenvalue weighted by molar-refractivity contribution is 5.57. The smallest absolute Gasteiger partial charge is 0.112 e. The van der Waals surface area contributed by atoms with Crippen LogP contribution in [0.2, 0.25) is 0 Å². The first-order valence-corrected chi connectivity index (χ1v) is 5.97. The van der Waals surface area contributed by atoms with E-state index < -0.39 is 0 Å².